The lowest BCUT2D eigenvalue weighted by atomic mass is 9.67. The van der Waals surface area contributed by atoms with Crippen LogP contribution >= 0.6 is 27.5 Å². The lowest BCUT2D eigenvalue weighted by Crippen LogP contribution is -2.37. The van der Waals surface area contributed by atoms with E-state index >= 15 is 0 Å². The molecule has 24 heavy (non-hydrogen) atoms. The van der Waals surface area contributed by atoms with E-state index in [9.17, 15) is 4.79 Å². The molecule has 0 amide bonds. The second-order valence-corrected chi connectivity index (χ2v) is 6.85. The number of hydrogen-bond donors (Lipinski definition) is 0. The molecule has 0 aliphatic rings. The highest BCUT2D eigenvalue weighted by Gasteiger charge is 2.41. The number of carbonyl (C=O) groups excluding carboxylic acids is 1. The topological polar surface area (TPSA) is 30.0 Å². The lowest BCUT2D eigenvalue weighted by molar-refractivity contribution is -0.119. The molecule has 3 aromatic rings. The van der Waals surface area contributed by atoms with Gasteiger partial charge in [-0.2, -0.15) is 0 Å². The molecular weight excluding hydrogens is 386 g/mol. The van der Waals surface area contributed by atoms with E-state index in [4.69, 9.17) is 11.6 Å². The van der Waals surface area contributed by atoms with Crippen LogP contribution in [-0.4, -0.2) is 10.8 Å². The summed E-state index contributed by atoms with van der Waals surface area (Å²) >= 11 is 9.58. The molecule has 0 radical (unpaired) electrons. The van der Waals surface area contributed by atoms with Gasteiger partial charge in [-0.1, -0.05) is 70.0 Å². The number of carbonyl (C=O) groups is 1. The van der Waals surface area contributed by atoms with Gasteiger partial charge in [-0.15, -0.1) is 0 Å². The van der Waals surface area contributed by atoms with Crippen LogP contribution in [0.4, 0.5) is 0 Å². The molecule has 0 aliphatic heterocycles. The molecule has 1 heterocycles. The predicted octanol–water partition coefficient (Wildman–Crippen LogP) is 5.42. The van der Waals surface area contributed by atoms with E-state index in [0.29, 0.717) is 5.15 Å². The number of halogens is 2. The van der Waals surface area contributed by atoms with Gasteiger partial charge in [-0.3, -0.25) is 4.79 Å². The molecular formula is C20H15BrClNO. The summed E-state index contributed by atoms with van der Waals surface area (Å²) in [6.07, 6.45) is 1.64. The summed E-state index contributed by atoms with van der Waals surface area (Å²) in [6.45, 7) is 1.61. The van der Waals surface area contributed by atoms with Crippen molar-refractivity contribution in [3.05, 3.63) is 99.2 Å². The van der Waals surface area contributed by atoms with Crippen molar-refractivity contribution >= 4 is 33.3 Å². The molecule has 3 rings (SSSR count). The Morgan fingerprint density at radius 2 is 1.58 bits per heavy atom. The zero-order valence-corrected chi connectivity index (χ0v) is 15.4. The Morgan fingerprint density at radius 3 is 2.17 bits per heavy atom. The Balaban J connectivity index is 2.38. The largest absolute Gasteiger partial charge is 0.298 e. The zero-order chi connectivity index (χ0) is 17.2. The summed E-state index contributed by atoms with van der Waals surface area (Å²) in [7, 11) is 0. The number of hydrogen-bond acceptors (Lipinski definition) is 2. The summed E-state index contributed by atoms with van der Waals surface area (Å²) in [5, 5.41) is 0.367. The molecule has 0 aliphatic carbocycles. The van der Waals surface area contributed by atoms with Crippen LogP contribution in [0.5, 0.6) is 0 Å². The lowest BCUT2D eigenvalue weighted by Gasteiger charge is -2.33. The van der Waals surface area contributed by atoms with Crippen molar-refractivity contribution in [2.75, 3.05) is 0 Å². The molecule has 0 bridgehead atoms. The quantitative estimate of drug-likeness (QED) is 0.547. The maximum absolute atomic E-state index is 13.0. The molecule has 1 aromatic heterocycles. The Morgan fingerprint density at radius 1 is 0.958 bits per heavy atom. The van der Waals surface area contributed by atoms with Gasteiger partial charge in [0.2, 0.25) is 0 Å². The van der Waals surface area contributed by atoms with Crippen LogP contribution in [0.3, 0.4) is 0 Å². The van der Waals surface area contributed by atoms with Gasteiger partial charge in [0.05, 0.1) is 0 Å². The van der Waals surface area contributed by atoms with Gasteiger partial charge in [0.15, 0.2) is 0 Å². The highest BCUT2D eigenvalue weighted by molar-refractivity contribution is 9.10. The number of Topliss-reactive ketones (excluding diaryl/α,β-unsaturated/α-hetero) is 1. The van der Waals surface area contributed by atoms with Crippen molar-refractivity contribution in [3.8, 4) is 0 Å². The third-order valence-corrected chi connectivity index (χ3v) is 4.91. The normalized spacial score (nSPS) is 13.3. The number of rotatable bonds is 4. The molecule has 2 aromatic carbocycles. The first-order valence-electron chi connectivity index (χ1n) is 7.50. The van der Waals surface area contributed by atoms with E-state index in [1.165, 1.54) is 0 Å². The van der Waals surface area contributed by atoms with Gasteiger partial charge in [0.1, 0.15) is 16.4 Å². The summed E-state index contributed by atoms with van der Waals surface area (Å²) < 4.78 is 0.963. The fraction of sp³-hybridized carbons (Fsp3) is 0.100. The maximum Gasteiger partial charge on any atom is 0.149 e. The number of pyridine rings is 1. The van der Waals surface area contributed by atoms with E-state index in [1.54, 1.807) is 19.2 Å². The minimum atomic E-state index is -0.922. The van der Waals surface area contributed by atoms with Crippen LogP contribution in [0.25, 0.3) is 0 Å². The first kappa shape index (κ1) is 16.9. The minimum absolute atomic E-state index is 0.0262. The monoisotopic (exact) mass is 399 g/mol. The fourth-order valence-corrected chi connectivity index (χ4v) is 3.57. The van der Waals surface area contributed by atoms with E-state index < -0.39 is 5.41 Å². The van der Waals surface area contributed by atoms with Gasteiger partial charge < -0.3 is 0 Å². The Labute approximate surface area is 154 Å². The van der Waals surface area contributed by atoms with E-state index in [1.807, 2.05) is 60.7 Å². The van der Waals surface area contributed by atoms with Crippen LogP contribution in [0, 0.1) is 0 Å². The van der Waals surface area contributed by atoms with E-state index in [2.05, 4.69) is 20.9 Å². The minimum Gasteiger partial charge on any atom is -0.298 e. The first-order chi connectivity index (χ1) is 11.5. The zero-order valence-electron chi connectivity index (χ0n) is 13.0. The van der Waals surface area contributed by atoms with Crippen LogP contribution in [0.2, 0.25) is 5.15 Å². The average molecular weight is 401 g/mol. The molecule has 0 saturated heterocycles. The van der Waals surface area contributed by atoms with Gasteiger partial charge in [-0.05, 0) is 47.9 Å². The molecule has 0 saturated carbocycles. The number of ketones is 1. The second kappa shape index (κ2) is 6.88. The molecule has 1 atom stereocenters. The molecule has 4 heteroatoms. The Bertz CT molecular complexity index is 864. The SMILES string of the molecule is CC(=O)C(c1ccccc1)(c1ccc(Br)cc1)c1ccnc(Cl)c1. The van der Waals surface area contributed by atoms with Crippen molar-refractivity contribution in [1.29, 1.82) is 0 Å². The third kappa shape index (κ3) is 2.90. The third-order valence-electron chi connectivity index (χ3n) is 4.17. The van der Waals surface area contributed by atoms with Crippen molar-refractivity contribution in [3.63, 3.8) is 0 Å². The highest BCUT2D eigenvalue weighted by Crippen LogP contribution is 2.40. The van der Waals surface area contributed by atoms with Gasteiger partial charge in [0.25, 0.3) is 0 Å². The van der Waals surface area contributed by atoms with Crippen molar-refractivity contribution < 1.29 is 4.79 Å². The smallest absolute Gasteiger partial charge is 0.149 e. The molecule has 0 spiro atoms. The first-order valence-corrected chi connectivity index (χ1v) is 8.67. The summed E-state index contributed by atoms with van der Waals surface area (Å²) in [6, 6.07) is 21.2. The molecule has 1 unspecified atom stereocenters. The van der Waals surface area contributed by atoms with Crippen molar-refractivity contribution in [2.45, 2.75) is 12.3 Å². The molecule has 0 N–H and O–H groups in total. The molecule has 120 valence electrons. The fourth-order valence-electron chi connectivity index (χ4n) is 3.13. The van der Waals surface area contributed by atoms with Crippen LogP contribution in [0.1, 0.15) is 23.6 Å². The second-order valence-electron chi connectivity index (χ2n) is 5.55. The standard InChI is InChI=1S/C20H15BrClNO/c1-14(24)20(15-5-3-2-4-6-15,16-7-9-18(21)10-8-16)17-11-12-23-19(22)13-17/h2-13H,1H3. The van der Waals surface area contributed by atoms with E-state index in [-0.39, 0.29) is 5.78 Å². The van der Waals surface area contributed by atoms with Gasteiger partial charge in [-0.25, -0.2) is 4.98 Å². The van der Waals surface area contributed by atoms with Crippen LogP contribution < -0.4 is 0 Å². The summed E-state index contributed by atoms with van der Waals surface area (Å²) in [4.78, 5) is 17.0. The highest BCUT2D eigenvalue weighted by atomic mass is 79.9. The number of benzene rings is 2. The maximum atomic E-state index is 13.0. The molecule has 0 fully saturated rings. The summed E-state index contributed by atoms with van der Waals surface area (Å²) in [5.74, 6) is 0.0262. The Hall–Kier alpha value is -1.97. The Kier molecular flexibility index (Phi) is 4.83. The molecule has 2 nitrogen and oxygen atoms in total. The van der Waals surface area contributed by atoms with Crippen molar-refractivity contribution in [1.82, 2.24) is 4.98 Å². The van der Waals surface area contributed by atoms with Gasteiger partial charge in [0, 0.05) is 10.7 Å². The number of aromatic nitrogens is 1. The van der Waals surface area contributed by atoms with Crippen LogP contribution in [-0.2, 0) is 10.2 Å². The summed E-state index contributed by atoms with van der Waals surface area (Å²) in [5.41, 5.74) is 1.69. The number of nitrogens with zero attached hydrogens (tertiary/aromatic N) is 1. The van der Waals surface area contributed by atoms with Crippen molar-refractivity contribution in [2.24, 2.45) is 0 Å². The van der Waals surface area contributed by atoms with Crippen LogP contribution in [0.15, 0.2) is 77.4 Å². The average Bonchev–Trinajstić information content (AvgIpc) is 2.58. The van der Waals surface area contributed by atoms with E-state index in [0.717, 1.165) is 21.2 Å². The van der Waals surface area contributed by atoms with Gasteiger partial charge >= 0.3 is 0 Å². The predicted molar refractivity (Wildman–Crippen MR) is 100 cm³/mol.